The summed E-state index contributed by atoms with van der Waals surface area (Å²) in [5, 5.41) is 2.67. The van der Waals surface area contributed by atoms with Crippen LogP contribution in [0.1, 0.15) is 0 Å². The molecule has 28 heavy (non-hydrogen) atoms. The number of para-hydroxylation sites is 1. The molecule has 0 aliphatic carbocycles. The number of aromatic nitrogens is 1. The maximum absolute atomic E-state index is 12.8. The first kappa shape index (κ1) is 19.4. The summed E-state index contributed by atoms with van der Waals surface area (Å²) in [5.74, 6) is -0.0757. The number of rotatable bonds is 7. The molecule has 0 bridgehead atoms. The molecule has 3 rings (SSSR count). The molecule has 7 nitrogen and oxygen atoms in total. The number of benzene rings is 2. The Morgan fingerprint density at radius 1 is 1.04 bits per heavy atom. The number of carbonyl (C=O) groups excluding carboxylic acids is 1. The Morgan fingerprint density at radius 3 is 2.46 bits per heavy atom. The molecule has 1 N–H and O–H groups in total. The Kier molecular flexibility index (Phi) is 5.90. The van der Waals surface area contributed by atoms with Crippen molar-refractivity contribution in [3.05, 3.63) is 79.1 Å². The number of sulfonamides is 1. The largest absolute Gasteiger partial charge is 0.484 e. The number of nitrogens with zero attached hydrogens (tertiary/aromatic N) is 2. The molecular formula is C20H19N3O4S. The van der Waals surface area contributed by atoms with Gasteiger partial charge in [0, 0.05) is 31.2 Å². The minimum absolute atomic E-state index is 0.0749. The normalized spacial score (nSPS) is 10.9. The number of pyridine rings is 1. The predicted octanol–water partition coefficient (Wildman–Crippen LogP) is 2.92. The Balaban J connectivity index is 1.69. The van der Waals surface area contributed by atoms with Crippen molar-refractivity contribution in [3.8, 4) is 5.75 Å². The molecular weight excluding hydrogens is 378 g/mol. The molecule has 1 amide bonds. The van der Waals surface area contributed by atoms with Gasteiger partial charge in [-0.25, -0.2) is 8.42 Å². The number of ether oxygens (including phenoxy) is 1. The lowest BCUT2D eigenvalue weighted by Gasteiger charge is -2.19. The molecule has 0 atom stereocenters. The fourth-order valence-electron chi connectivity index (χ4n) is 2.44. The van der Waals surface area contributed by atoms with E-state index in [1.807, 2.05) is 6.07 Å². The zero-order valence-electron chi connectivity index (χ0n) is 15.1. The summed E-state index contributed by atoms with van der Waals surface area (Å²) in [5.41, 5.74) is 1.15. The van der Waals surface area contributed by atoms with Gasteiger partial charge >= 0.3 is 0 Å². The molecule has 2 aromatic carbocycles. The van der Waals surface area contributed by atoms with Crippen LogP contribution in [0.4, 0.5) is 11.4 Å². The van der Waals surface area contributed by atoms with Crippen LogP contribution in [0, 0.1) is 0 Å². The van der Waals surface area contributed by atoms with Crippen molar-refractivity contribution in [2.45, 2.75) is 4.90 Å². The molecule has 1 heterocycles. The van der Waals surface area contributed by atoms with E-state index >= 15 is 0 Å². The number of hydrogen-bond acceptors (Lipinski definition) is 5. The second-order valence-electron chi connectivity index (χ2n) is 5.86. The van der Waals surface area contributed by atoms with Crippen molar-refractivity contribution in [1.29, 1.82) is 0 Å². The van der Waals surface area contributed by atoms with Gasteiger partial charge in [-0.05, 0) is 36.4 Å². The van der Waals surface area contributed by atoms with Gasteiger partial charge in [-0.3, -0.25) is 14.1 Å². The third-order valence-corrected chi connectivity index (χ3v) is 5.70. The summed E-state index contributed by atoms with van der Waals surface area (Å²) < 4.78 is 32.3. The molecule has 3 aromatic rings. The van der Waals surface area contributed by atoms with Crippen LogP contribution >= 0.6 is 0 Å². The molecule has 144 valence electrons. The van der Waals surface area contributed by atoms with Gasteiger partial charge in [-0.2, -0.15) is 0 Å². The number of nitrogens with one attached hydrogen (secondary N) is 1. The molecule has 0 saturated carbocycles. The van der Waals surface area contributed by atoms with Crippen LogP contribution in [0.5, 0.6) is 5.75 Å². The Labute approximate surface area is 163 Å². The van der Waals surface area contributed by atoms with E-state index in [2.05, 4.69) is 10.3 Å². The lowest BCUT2D eigenvalue weighted by molar-refractivity contribution is -0.118. The highest BCUT2D eigenvalue weighted by Crippen LogP contribution is 2.24. The zero-order valence-corrected chi connectivity index (χ0v) is 16.0. The van der Waals surface area contributed by atoms with Crippen LogP contribution in [0.25, 0.3) is 0 Å². The van der Waals surface area contributed by atoms with Crippen LogP contribution in [0.2, 0.25) is 0 Å². The molecule has 0 aliphatic heterocycles. The molecule has 1 aromatic heterocycles. The van der Waals surface area contributed by atoms with E-state index in [4.69, 9.17) is 4.74 Å². The van der Waals surface area contributed by atoms with Crippen LogP contribution in [-0.4, -0.2) is 33.0 Å². The van der Waals surface area contributed by atoms with Crippen molar-refractivity contribution < 1.29 is 17.9 Å². The van der Waals surface area contributed by atoms with Gasteiger partial charge < -0.3 is 10.1 Å². The molecule has 0 aliphatic rings. The van der Waals surface area contributed by atoms with E-state index in [1.165, 1.54) is 23.5 Å². The van der Waals surface area contributed by atoms with Gasteiger partial charge in [0.2, 0.25) is 0 Å². The topological polar surface area (TPSA) is 88.6 Å². The van der Waals surface area contributed by atoms with E-state index in [0.29, 0.717) is 11.4 Å². The summed E-state index contributed by atoms with van der Waals surface area (Å²) in [7, 11) is -2.27. The van der Waals surface area contributed by atoms with Crippen LogP contribution in [-0.2, 0) is 14.8 Å². The Bertz CT molecular complexity index is 1040. The van der Waals surface area contributed by atoms with E-state index in [-0.39, 0.29) is 23.2 Å². The van der Waals surface area contributed by atoms with E-state index in [1.54, 1.807) is 60.9 Å². The first-order valence-electron chi connectivity index (χ1n) is 8.43. The van der Waals surface area contributed by atoms with Crippen molar-refractivity contribution in [2.24, 2.45) is 0 Å². The van der Waals surface area contributed by atoms with Crippen molar-refractivity contribution in [2.75, 3.05) is 23.3 Å². The summed E-state index contributed by atoms with van der Waals surface area (Å²) >= 11 is 0. The second-order valence-corrected chi connectivity index (χ2v) is 7.82. The third kappa shape index (κ3) is 4.66. The van der Waals surface area contributed by atoms with Gasteiger partial charge in [0.05, 0.1) is 10.6 Å². The van der Waals surface area contributed by atoms with Gasteiger partial charge in [-0.1, -0.05) is 24.3 Å². The Hall–Kier alpha value is -3.39. The first-order valence-corrected chi connectivity index (χ1v) is 9.87. The third-order valence-electron chi connectivity index (χ3n) is 3.92. The van der Waals surface area contributed by atoms with Crippen LogP contribution < -0.4 is 14.4 Å². The highest BCUT2D eigenvalue weighted by atomic mass is 32.2. The predicted molar refractivity (Wildman–Crippen MR) is 107 cm³/mol. The van der Waals surface area contributed by atoms with Crippen LogP contribution in [0.15, 0.2) is 84.0 Å². The molecule has 0 radical (unpaired) electrons. The number of hydrogen-bond donors (Lipinski definition) is 1. The highest BCUT2D eigenvalue weighted by Gasteiger charge is 2.21. The quantitative estimate of drug-likeness (QED) is 0.662. The molecule has 0 spiro atoms. The fraction of sp³-hybridized carbons (Fsp3) is 0.100. The SMILES string of the molecule is CN(c1ccccc1)S(=O)(=O)c1cccc(OCC(=O)Nc2ccncc2)c1. The average molecular weight is 397 g/mol. The number of amides is 1. The lowest BCUT2D eigenvalue weighted by Crippen LogP contribution is -2.26. The average Bonchev–Trinajstić information content (AvgIpc) is 2.73. The fourth-order valence-corrected chi connectivity index (χ4v) is 3.67. The summed E-state index contributed by atoms with van der Waals surface area (Å²) in [6.45, 7) is -0.250. The van der Waals surface area contributed by atoms with Crippen molar-refractivity contribution >= 4 is 27.3 Å². The molecule has 0 fully saturated rings. The highest BCUT2D eigenvalue weighted by molar-refractivity contribution is 7.92. The first-order chi connectivity index (χ1) is 13.5. The van der Waals surface area contributed by atoms with Crippen molar-refractivity contribution in [3.63, 3.8) is 0 Å². The van der Waals surface area contributed by atoms with E-state index in [0.717, 1.165) is 0 Å². The smallest absolute Gasteiger partial charge is 0.264 e. The second kappa shape index (κ2) is 8.53. The van der Waals surface area contributed by atoms with Gasteiger partial charge in [-0.15, -0.1) is 0 Å². The zero-order chi connectivity index (χ0) is 20.0. The van der Waals surface area contributed by atoms with E-state index in [9.17, 15) is 13.2 Å². The number of carbonyl (C=O) groups is 1. The molecule has 8 heteroatoms. The number of anilines is 2. The molecule has 0 saturated heterocycles. The minimum Gasteiger partial charge on any atom is -0.484 e. The van der Waals surface area contributed by atoms with Gasteiger partial charge in [0.15, 0.2) is 6.61 Å². The van der Waals surface area contributed by atoms with Gasteiger partial charge in [0.1, 0.15) is 5.75 Å². The lowest BCUT2D eigenvalue weighted by atomic mass is 10.3. The minimum atomic E-state index is -3.76. The summed E-state index contributed by atoms with van der Waals surface area (Å²) in [4.78, 5) is 15.9. The maximum Gasteiger partial charge on any atom is 0.264 e. The Morgan fingerprint density at radius 2 is 1.75 bits per heavy atom. The van der Waals surface area contributed by atoms with Crippen LogP contribution in [0.3, 0.4) is 0 Å². The molecule has 0 unspecified atom stereocenters. The standard InChI is InChI=1S/C20H19N3O4S/c1-23(17-6-3-2-4-7-17)28(25,26)19-9-5-8-18(14-19)27-15-20(24)22-16-10-12-21-13-11-16/h2-14H,15H2,1H3,(H,21,22,24). The monoisotopic (exact) mass is 397 g/mol. The summed E-state index contributed by atoms with van der Waals surface area (Å²) in [6.07, 6.45) is 3.13. The van der Waals surface area contributed by atoms with Crippen molar-refractivity contribution in [1.82, 2.24) is 4.98 Å². The van der Waals surface area contributed by atoms with E-state index < -0.39 is 10.0 Å². The maximum atomic E-state index is 12.8. The summed E-state index contributed by atoms with van der Waals surface area (Å²) in [6, 6.07) is 18.1. The van der Waals surface area contributed by atoms with Gasteiger partial charge in [0.25, 0.3) is 15.9 Å².